The summed E-state index contributed by atoms with van der Waals surface area (Å²) < 4.78 is 67.5. The van der Waals surface area contributed by atoms with Gasteiger partial charge in [-0.3, -0.25) is 0 Å². The molecule has 0 aromatic carbocycles. The molecule has 0 aliphatic carbocycles. The summed E-state index contributed by atoms with van der Waals surface area (Å²) in [5.74, 6) is 0. The molecule has 0 aliphatic heterocycles. The van der Waals surface area contributed by atoms with Gasteiger partial charge in [0.05, 0.1) is 5.57 Å². The fourth-order valence-corrected chi connectivity index (χ4v) is 3.04. The van der Waals surface area contributed by atoms with Crippen LogP contribution in [0.1, 0.15) is 40.0 Å². The lowest BCUT2D eigenvalue weighted by Gasteiger charge is -2.32. The predicted molar refractivity (Wildman–Crippen MR) is 72.4 cm³/mol. The van der Waals surface area contributed by atoms with Gasteiger partial charge in [0.2, 0.25) is 0 Å². The number of hydrogen-bond acceptors (Lipinski definition) is 1. The molecule has 1 atom stereocenters. The molecule has 0 rings (SSSR count). The van der Waals surface area contributed by atoms with Crippen molar-refractivity contribution in [1.29, 1.82) is 0 Å². The van der Waals surface area contributed by atoms with E-state index in [-0.39, 0.29) is 17.9 Å². The van der Waals surface area contributed by atoms with Crippen LogP contribution in [-0.4, -0.2) is 21.3 Å². The van der Waals surface area contributed by atoms with Crippen LogP contribution in [0.3, 0.4) is 0 Å². The van der Waals surface area contributed by atoms with Gasteiger partial charge in [-0.1, -0.05) is 20.8 Å². The van der Waals surface area contributed by atoms with E-state index in [1.807, 2.05) is 33.9 Å². The molecule has 20 heavy (non-hydrogen) atoms. The highest BCUT2D eigenvalue weighted by Crippen LogP contribution is 2.34. The minimum Gasteiger partial charge on any atom is -0.417 e. The molecule has 0 fully saturated rings. The van der Waals surface area contributed by atoms with E-state index in [1.54, 1.807) is 0 Å². The van der Waals surface area contributed by atoms with Crippen molar-refractivity contribution in [2.75, 3.05) is 0 Å². The first kappa shape index (κ1) is 19.6. The monoisotopic (exact) mass is 318 g/mol. The second-order valence-electron chi connectivity index (χ2n) is 6.17. The molecule has 0 bridgehead atoms. The van der Waals surface area contributed by atoms with Crippen LogP contribution in [0, 0.1) is 5.41 Å². The van der Waals surface area contributed by atoms with Crippen molar-refractivity contribution in [2.24, 2.45) is 5.41 Å². The maximum Gasteiger partial charge on any atom is 0.417 e. The average Bonchev–Trinajstić information content (AvgIpc) is 2.17. The van der Waals surface area contributed by atoms with Crippen molar-refractivity contribution in [3.8, 4) is 0 Å². The van der Waals surface area contributed by atoms with Gasteiger partial charge in [-0.2, -0.15) is 22.0 Å². The van der Waals surface area contributed by atoms with Gasteiger partial charge in [-0.05, 0) is 37.8 Å². The van der Waals surface area contributed by atoms with Gasteiger partial charge in [0.1, 0.15) is 0 Å². The molecule has 0 amide bonds. The number of hydrogen-bond donors (Lipinski definition) is 0. The third kappa shape index (κ3) is 7.38. The fourth-order valence-electron chi connectivity index (χ4n) is 1.84. The Morgan fingerprint density at radius 1 is 1.10 bits per heavy atom. The first-order chi connectivity index (χ1) is 8.85. The first-order valence-corrected chi connectivity index (χ1v) is 9.40. The Hall–Kier alpha value is -0.433. The minimum atomic E-state index is -4.95. The van der Waals surface area contributed by atoms with Gasteiger partial charge < -0.3 is 4.43 Å². The molecule has 1 nitrogen and oxygen atoms in total. The van der Waals surface area contributed by atoms with Crippen molar-refractivity contribution in [1.82, 2.24) is 0 Å². The van der Waals surface area contributed by atoms with Crippen molar-refractivity contribution in [3.63, 3.8) is 0 Å². The minimum absolute atomic E-state index is 0.0369. The van der Waals surface area contributed by atoms with Crippen LogP contribution in [0.2, 0.25) is 13.1 Å². The zero-order valence-corrected chi connectivity index (χ0v) is 13.7. The average molecular weight is 318 g/mol. The van der Waals surface area contributed by atoms with Gasteiger partial charge in [0, 0.05) is 6.10 Å². The molecule has 0 spiro atoms. The molecular formula is C13H23F5OSi. The summed E-state index contributed by atoms with van der Waals surface area (Å²) in [6.45, 7) is 9.75. The van der Waals surface area contributed by atoms with Crippen LogP contribution >= 0.6 is 0 Å². The largest absolute Gasteiger partial charge is 0.417 e. The second-order valence-corrected chi connectivity index (χ2v) is 8.54. The zero-order chi connectivity index (χ0) is 16.1. The van der Waals surface area contributed by atoms with Gasteiger partial charge in [0.15, 0.2) is 9.04 Å². The van der Waals surface area contributed by atoms with E-state index >= 15 is 0 Å². The Kier molecular flexibility index (Phi) is 7.38. The SMILES string of the molecule is C[SiH](C)OC(CCCC(=C(F)F)C(F)(F)F)C(C)(C)C. The molecular weight excluding hydrogens is 295 g/mol. The van der Waals surface area contributed by atoms with Crippen molar-refractivity contribution >= 4 is 9.04 Å². The summed E-state index contributed by atoms with van der Waals surface area (Å²) in [7, 11) is -1.33. The number of rotatable bonds is 6. The molecule has 0 heterocycles. The summed E-state index contributed by atoms with van der Waals surface area (Å²) in [6.07, 6.45) is -8.07. The lowest BCUT2D eigenvalue weighted by molar-refractivity contribution is -0.0980. The van der Waals surface area contributed by atoms with Crippen LogP contribution < -0.4 is 0 Å². The van der Waals surface area contributed by atoms with Gasteiger partial charge >= 0.3 is 6.18 Å². The smallest absolute Gasteiger partial charge is 0.417 e. The molecule has 0 aliphatic rings. The van der Waals surface area contributed by atoms with E-state index in [0.717, 1.165) is 0 Å². The Bertz CT molecular complexity index is 327. The quantitative estimate of drug-likeness (QED) is 0.478. The molecule has 0 saturated heterocycles. The highest BCUT2D eigenvalue weighted by molar-refractivity contribution is 6.48. The molecule has 120 valence electrons. The first-order valence-electron chi connectivity index (χ1n) is 6.62. The van der Waals surface area contributed by atoms with Crippen LogP contribution in [0.4, 0.5) is 22.0 Å². The predicted octanol–water partition coefficient (Wildman–Crippen LogP) is 5.28. The topological polar surface area (TPSA) is 9.23 Å². The van der Waals surface area contributed by atoms with Gasteiger partial charge in [-0.15, -0.1) is 0 Å². The summed E-state index contributed by atoms with van der Waals surface area (Å²) in [6, 6.07) is 0. The maximum absolute atomic E-state index is 12.4. The number of halogens is 5. The fraction of sp³-hybridized carbons (Fsp3) is 0.846. The Morgan fingerprint density at radius 3 is 1.90 bits per heavy atom. The maximum atomic E-state index is 12.4. The Balaban J connectivity index is 4.62. The summed E-state index contributed by atoms with van der Waals surface area (Å²) in [5.41, 5.74) is -1.93. The van der Waals surface area contributed by atoms with Crippen LogP contribution in [0.15, 0.2) is 11.7 Å². The lowest BCUT2D eigenvalue weighted by atomic mass is 9.86. The molecule has 0 N–H and O–H groups in total. The molecule has 0 aromatic rings. The Labute approximate surface area is 118 Å². The van der Waals surface area contributed by atoms with Crippen molar-refractivity contribution in [3.05, 3.63) is 11.7 Å². The van der Waals surface area contributed by atoms with E-state index in [1.165, 1.54) is 0 Å². The van der Waals surface area contributed by atoms with E-state index in [2.05, 4.69) is 0 Å². The third-order valence-electron chi connectivity index (χ3n) is 2.87. The lowest BCUT2D eigenvalue weighted by Crippen LogP contribution is -2.33. The Morgan fingerprint density at radius 2 is 1.60 bits per heavy atom. The molecule has 0 radical (unpaired) electrons. The summed E-state index contributed by atoms with van der Waals surface area (Å²) in [4.78, 5) is 0. The van der Waals surface area contributed by atoms with Crippen LogP contribution in [0.25, 0.3) is 0 Å². The molecule has 1 unspecified atom stereocenters. The third-order valence-corrected chi connectivity index (χ3v) is 3.74. The van der Waals surface area contributed by atoms with Crippen molar-refractivity contribution < 1.29 is 26.4 Å². The normalized spacial score (nSPS) is 14.6. The van der Waals surface area contributed by atoms with Crippen LogP contribution in [-0.2, 0) is 4.43 Å². The highest BCUT2D eigenvalue weighted by atomic mass is 28.3. The molecule has 0 saturated carbocycles. The highest BCUT2D eigenvalue weighted by Gasteiger charge is 2.37. The van der Waals surface area contributed by atoms with E-state index < -0.39 is 33.3 Å². The van der Waals surface area contributed by atoms with Crippen molar-refractivity contribution in [2.45, 2.75) is 65.4 Å². The van der Waals surface area contributed by atoms with E-state index in [9.17, 15) is 22.0 Å². The second kappa shape index (κ2) is 7.54. The molecule has 7 heteroatoms. The van der Waals surface area contributed by atoms with Gasteiger partial charge in [0.25, 0.3) is 6.08 Å². The van der Waals surface area contributed by atoms with Gasteiger partial charge in [-0.25, -0.2) is 0 Å². The van der Waals surface area contributed by atoms with E-state index in [4.69, 9.17) is 4.43 Å². The van der Waals surface area contributed by atoms with Crippen LogP contribution in [0.5, 0.6) is 0 Å². The number of alkyl halides is 3. The number of allylic oxidation sites excluding steroid dienone is 1. The molecule has 0 aromatic heterocycles. The summed E-state index contributed by atoms with van der Waals surface area (Å²) >= 11 is 0. The van der Waals surface area contributed by atoms with E-state index in [0.29, 0.717) is 6.42 Å². The summed E-state index contributed by atoms with van der Waals surface area (Å²) in [5, 5.41) is 0. The zero-order valence-electron chi connectivity index (χ0n) is 12.6. The standard InChI is InChI=1S/C13H23F5OSi/c1-12(2,3)10(19-20(4)5)8-6-7-9(11(14)15)13(16,17)18/h10,20H,6-8H2,1-5H3.